The number of rotatable bonds is 2. The molecule has 4 heteroatoms. The molecule has 2 rings (SSSR count). The average Bonchev–Trinajstić information content (AvgIpc) is 2.35. The Labute approximate surface area is 107 Å². The molecule has 1 fully saturated rings. The number of allylic oxidation sites excluding steroid dienone is 2. The number of esters is 2. The summed E-state index contributed by atoms with van der Waals surface area (Å²) in [6.45, 7) is 0. The lowest BCUT2D eigenvalue weighted by Gasteiger charge is -2.49. The molecule has 0 aromatic carbocycles. The minimum absolute atomic E-state index is 0.267. The fourth-order valence-corrected chi connectivity index (χ4v) is 3.44. The van der Waals surface area contributed by atoms with E-state index in [0.29, 0.717) is 0 Å². The predicted octanol–water partition coefficient (Wildman–Crippen LogP) is 1.94. The topological polar surface area (TPSA) is 52.6 Å². The Hall–Kier alpha value is -1.32. The first-order valence-corrected chi connectivity index (χ1v) is 6.51. The van der Waals surface area contributed by atoms with Crippen LogP contribution in [0.4, 0.5) is 0 Å². The second-order valence-electron chi connectivity index (χ2n) is 5.05. The minimum atomic E-state index is -0.307. The van der Waals surface area contributed by atoms with Crippen LogP contribution < -0.4 is 0 Å². The van der Waals surface area contributed by atoms with Crippen molar-refractivity contribution in [2.45, 2.75) is 25.7 Å². The second kappa shape index (κ2) is 5.55. The van der Waals surface area contributed by atoms with Crippen molar-refractivity contribution in [3.05, 3.63) is 12.2 Å². The molecule has 0 radical (unpaired) electrons. The predicted molar refractivity (Wildman–Crippen MR) is 65.6 cm³/mol. The molecular formula is C14H20O4. The quantitative estimate of drug-likeness (QED) is 0.556. The van der Waals surface area contributed by atoms with Crippen LogP contribution in [0, 0.1) is 23.7 Å². The van der Waals surface area contributed by atoms with E-state index in [4.69, 9.17) is 9.47 Å². The van der Waals surface area contributed by atoms with E-state index >= 15 is 0 Å². The number of ether oxygens (including phenoxy) is 2. The summed E-state index contributed by atoms with van der Waals surface area (Å²) in [6.07, 6.45) is 8.18. The number of carbonyl (C=O) groups excluding carboxylic acids is 2. The van der Waals surface area contributed by atoms with Crippen molar-refractivity contribution < 1.29 is 19.1 Å². The first-order chi connectivity index (χ1) is 8.70. The largest absolute Gasteiger partial charge is 0.469 e. The van der Waals surface area contributed by atoms with Crippen molar-refractivity contribution in [1.82, 2.24) is 0 Å². The minimum Gasteiger partial charge on any atom is -0.469 e. The summed E-state index contributed by atoms with van der Waals surface area (Å²) in [5, 5.41) is 0. The van der Waals surface area contributed by atoms with E-state index in [1.165, 1.54) is 14.2 Å². The summed E-state index contributed by atoms with van der Waals surface area (Å²) < 4.78 is 9.67. The molecule has 4 atom stereocenters. The van der Waals surface area contributed by atoms with E-state index in [2.05, 4.69) is 12.2 Å². The van der Waals surface area contributed by atoms with Gasteiger partial charge in [0, 0.05) is 0 Å². The maximum Gasteiger partial charge on any atom is 0.309 e. The Balaban J connectivity index is 2.17. The van der Waals surface area contributed by atoms with Crippen LogP contribution in [-0.4, -0.2) is 26.2 Å². The van der Waals surface area contributed by atoms with E-state index in [1.807, 2.05) is 0 Å². The van der Waals surface area contributed by atoms with E-state index in [0.717, 1.165) is 25.7 Å². The van der Waals surface area contributed by atoms with Gasteiger partial charge in [0.1, 0.15) is 0 Å². The number of methoxy groups -OCH3 is 2. The molecule has 18 heavy (non-hydrogen) atoms. The molecular weight excluding hydrogens is 232 g/mol. The molecule has 100 valence electrons. The van der Waals surface area contributed by atoms with Crippen LogP contribution in [0.15, 0.2) is 12.2 Å². The monoisotopic (exact) mass is 252 g/mol. The third-order valence-electron chi connectivity index (χ3n) is 4.31. The van der Waals surface area contributed by atoms with E-state index in [9.17, 15) is 9.59 Å². The maximum atomic E-state index is 11.8. The summed E-state index contributed by atoms with van der Waals surface area (Å²) in [5.41, 5.74) is 0. The first kappa shape index (κ1) is 13.1. The molecule has 1 saturated carbocycles. The van der Waals surface area contributed by atoms with Gasteiger partial charge >= 0.3 is 11.9 Å². The van der Waals surface area contributed by atoms with Crippen LogP contribution in [0.25, 0.3) is 0 Å². The Morgan fingerprint density at radius 1 is 0.889 bits per heavy atom. The molecule has 0 heterocycles. The zero-order valence-electron chi connectivity index (χ0n) is 10.9. The van der Waals surface area contributed by atoms with Gasteiger partial charge in [-0.3, -0.25) is 9.59 Å². The zero-order chi connectivity index (χ0) is 13.1. The second-order valence-corrected chi connectivity index (χ2v) is 5.05. The third kappa shape index (κ3) is 2.16. The number of carbonyl (C=O) groups is 2. The Kier molecular flexibility index (Phi) is 4.04. The van der Waals surface area contributed by atoms with Gasteiger partial charge < -0.3 is 9.47 Å². The highest BCUT2D eigenvalue weighted by molar-refractivity contribution is 5.84. The lowest BCUT2D eigenvalue weighted by atomic mass is 9.53. The van der Waals surface area contributed by atoms with Crippen molar-refractivity contribution in [3.8, 4) is 0 Å². The highest BCUT2D eigenvalue weighted by Crippen LogP contribution is 2.52. The molecule has 0 unspecified atom stereocenters. The zero-order valence-corrected chi connectivity index (χ0v) is 10.9. The van der Waals surface area contributed by atoms with Crippen LogP contribution in [0.3, 0.4) is 0 Å². The van der Waals surface area contributed by atoms with Gasteiger partial charge in [-0.05, 0) is 37.5 Å². The summed E-state index contributed by atoms with van der Waals surface area (Å²) in [6, 6.07) is 0. The van der Waals surface area contributed by atoms with Crippen molar-refractivity contribution in [3.63, 3.8) is 0 Å². The summed E-state index contributed by atoms with van der Waals surface area (Å²) in [5.74, 6) is -0.608. The highest BCUT2D eigenvalue weighted by atomic mass is 16.5. The van der Waals surface area contributed by atoms with Gasteiger partial charge in [0.25, 0.3) is 0 Å². The molecule has 0 spiro atoms. The number of fused-ring (bicyclic) bond motifs is 1. The van der Waals surface area contributed by atoms with Crippen LogP contribution in [0.5, 0.6) is 0 Å². The third-order valence-corrected chi connectivity index (χ3v) is 4.31. The fourth-order valence-electron chi connectivity index (χ4n) is 3.44. The number of hydrogen-bond donors (Lipinski definition) is 0. The summed E-state index contributed by atoms with van der Waals surface area (Å²) in [7, 11) is 2.76. The van der Waals surface area contributed by atoms with E-state index < -0.39 is 0 Å². The Bertz CT molecular complexity index is 327. The van der Waals surface area contributed by atoms with Gasteiger partial charge in [-0.25, -0.2) is 0 Å². The van der Waals surface area contributed by atoms with Crippen molar-refractivity contribution in [1.29, 1.82) is 0 Å². The summed E-state index contributed by atoms with van der Waals surface area (Å²) >= 11 is 0. The Morgan fingerprint density at radius 2 is 1.28 bits per heavy atom. The van der Waals surface area contributed by atoms with Gasteiger partial charge in [0.2, 0.25) is 0 Å². The van der Waals surface area contributed by atoms with Crippen molar-refractivity contribution >= 4 is 11.9 Å². The standard InChI is InChI=1S/C14H20O4/c1-17-13(15)11-9-7-5-3-4-6-8-10(9)12(11)14(16)18-2/h3-4,9-12H,5-8H2,1-2H3/b4-3-/t9-,10-,11-,12+/m0/s1. The van der Waals surface area contributed by atoms with Gasteiger partial charge in [0.05, 0.1) is 26.1 Å². The van der Waals surface area contributed by atoms with Gasteiger partial charge in [0.15, 0.2) is 0 Å². The molecule has 2 aliphatic carbocycles. The van der Waals surface area contributed by atoms with E-state index in [1.54, 1.807) is 0 Å². The van der Waals surface area contributed by atoms with E-state index in [-0.39, 0.29) is 35.6 Å². The highest BCUT2D eigenvalue weighted by Gasteiger charge is 2.57. The van der Waals surface area contributed by atoms with Crippen molar-refractivity contribution in [2.75, 3.05) is 14.2 Å². The lowest BCUT2D eigenvalue weighted by molar-refractivity contribution is -0.180. The van der Waals surface area contributed by atoms with Crippen LogP contribution in [0.2, 0.25) is 0 Å². The number of hydrogen-bond acceptors (Lipinski definition) is 4. The van der Waals surface area contributed by atoms with Gasteiger partial charge in [-0.15, -0.1) is 0 Å². The van der Waals surface area contributed by atoms with Crippen LogP contribution >= 0.6 is 0 Å². The molecule has 0 aromatic rings. The fraction of sp³-hybridized carbons (Fsp3) is 0.714. The molecule has 0 N–H and O–H groups in total. The van der Waals surface area contributed by atoms with Crippen LogP contribution in [0.1, 0.15) is 25.7 Å². The van der Waals surface area contributed by atoms with Gasteiger partial charge in [-0.2, -0.15) is 0 Å². The first-order valence-electron chi connectivity index (χ1n) is 6.51. The molecule has 2 aliphatic rings. The molecule has 0 aliphatic heterocycles. The molecule has 0 amide bonds. The normalized spacial score (nSPS) is 36.3. The SMILES string of the molecule is COC(=O)[C@@H]1[C@H]2CC/C=C\CC[C@@H]2[C@@H]1C(=O)OC. The molecule has 0 bridgehead atoms. The maximum absolute atomic E-state index is 11.8. The molecule has 0 saturated heterocycles. The average molecular weight is 252 g/mol. The molecule has 0 aromatic heterocycles. The summed E-state index contributed by atoms with van der Waals surface area (Å²) in [4.78, 5) is 23.7. The smallest absolute Gasteiger partial charge is 0.309 e. The molecule has 4 nitrogen and oxygen atoms in total. The Morgan fingerprint density at radius 3 is 1.61 bits per heavy atom. The van der Waals surface area contributed by atoms with Crippen molar-refractivity contribution in [2.24, 2.45) is 23.7 Å². The van der Waals surface area contributed by atoms with Crippen LogP contribution in [-0.2, 0) is 19.1 Å². The lowest BCUT2D eigenvalue weighted by Crippen LogP contribution is -2.54. The van der Waals surface area contributed by atoms with Gasteiger partial charge in [-0.1, -0.05) is 12.2 Å².